The van der Waals surface area contributed by atoms with Gasteiger partial charge in [-0.1, -0.05) is 17.3 Å². The summed E-state index contributed by atoms with van der Waals surface area (Å²) in [6.07, 6.45) is 0. The predicted molar refractivity (Wildman–Crippen MR) is 113 cm³/mol. The van der Waals surface area contributed by atoms with Gasteiger partial charge in [0.25, 0.3) is 11.8 Å². The number of methoxy groups -OCH3 is 1. The van der Waals surface area contributed by atoms with E-state index in [0.29, 0.717) is 47.4 Å². The molecule has 8 nitrogen and oxygen atoms in total. The number of amides is 2. The van der Waals surface area contributed by atoms with E-state index in [2.05, 4.69) is 20.8 Å². The normalized spacial score (nSPS) is 10.5. The molecule has 3 rings (SSSR count). The summed E-state index contributed by atoms with van der Waals surface area (Å²) in [4.78, 5) is 29.7. The third kappa shape index (κ3) is 5.84. The number of nitrogens with zero attached hydrogens (tertiary/aromatic N) is 2. The SMILES string of the molecule is COc1ccc(C(=O)NCCNC(=O)c2ccccc2SCc2noc(C)n2)cc1. The Balaban J connectivity index is 1.48. The van der Waals surface area contributed by atoms with Crippen molar-refractivity contribution in [3.63, 3.8) is 0 Å². The molecular formula is C21H22N4O4S. The van der Waals surface area contributed by atoms with Crippen LogP contribution in [0.2, 0.25) is 0 Å². The molecule has 2 aromatic carbocycles. The molecule has 0 radical (unpaired) electrons. The van der Waals surface area contributed by atoms with Crippen LogP contribution in [0.5, 0.6) is 5.75 Å². The van der Waals surface area contributed by atoms with Crippen molar-refractivity contribution in [1.29, 1.82) is 0 Å². The maximum atomic E-state index is 12.6. The van der Waals surface area contributed by atoms with Gasteiger partial charge in [-0.2, -0.15) is 4.98 Å². The summed E-state index contributed by atoms with van der Waals surface area (Å²) >= 11 is 1.46. The molecule has 0 unspecified atom stereocenters. The molecule has 30 heavy (non-hydrogen) atoms. The molecule has 1 aromatic heterocycles. The van der Waals surface area contributed by atoms with Crippen molar-refractivity contribution in [1.82, 2.24) is 20.8 Å². The van der Waals surface area contributed by atoms with Crippen LogP contribution in [0.4, 0.5) is 0 Å². The van der Waals surface area contributed by atoms with E-state index >= 15 is 0 Å². The molecule has 0 atom stereocenters. The molecular weight excluding hydrogens is 404 g/mol. The van der Waals surface area contributed by atoms with Gasteiger partial charge >= 0.3 is 0 Å². The minimum Gasteiger partial charge on any atom is -0.497 e. The van der Waals surface area contributed by atoms with Gasteiger partial charge in [-0.05, 0) is 36.4 Å². The van der Waals surface area contributed by atoms with Crippen LogP contribution in [-0.4, -0.2) is 42.2 Å². The van der Waals surface area contributed by atoms with Crippen molar-refractivity contribution < 1.29 is 18.8 Å². The number of hydrogen-bond acceptors (Lipinski definition) is 7. The standard InChI is InChI=1S/C21H22N4O4S/c1-14-24-19(25-29-14)13-30-18-6-4-3-5-17(18)21(27)23-12-11-22-20(26)15-7-9-16(28-2)10-8-15/h3-10H,11-13H2,1-2H3,(H,22,26)(H,23,27). The largest absolute Gasteiger partial charge is 0.497 e. The van der Waals surface area contributed by atoms with Gasteiger partial charge in [-0.3, -0.25) is 9.59 Å². The van der Waals surface area contributed by atoms with Crippen LogP contribution >= 0.6 is 11.8 Å². The van der Waals surface area contributed by atoms with Crippen molar-refractivity contribution in [3.8, 4) is 5.75 Å². The van der Waals surface area contributed by atoms with E-state index in [9.17, 15) is 9.59 Å². The highest BCUT2D eigenvalue weighted by Crippen LogP contribution is 2.25. The zero-order valence-corrected chi connectivity index (χ0v) is 17.5. The average Bonchev–Trinajstić information content (AvgIpc) is 3.20. The fourth-order valence-electron chi connectivity index (χ4n) is 2.61. The number of aromatic nitrogens is 2. The highest BCUT2D eigenvalue weighted by Gasteiger charge is 2.13. The molecule has 0 bridgehead atoms. The lowest BCUT2D eigenvalue weighted by atomic mass is 10.2. The molecule has 9 heteroatoms. The molecule has 2 amide bonds. The molecule has 0 aliphatic rings. The summed E-state index contributed by atoms with van der Waals surface area (Å²) in [7, 11) is 1.57. The van der Waals surface area contributed by atoms with Crippen LogP contribution in [0.15, 0.2) is 57.9 Å². The lowest BCUT2D eigenvalue weighted by Gasteiger charge is -2.10. The van der Waals surface area contributed by atoms with Gasteiger partial charge in [-0.15, -0.1) is 11.8 Å². The number of aryl methyl sites for hydroxylation is 1. The van der Waals surface area contributed by atoms with Gasteiger partial charge in [0.2, 0.25) is 5.89 Å². The summed E-state index contributed by atoms with van der Waals surface area (Å²) < 4.78 is 10.0. The quantitative estimate of drug-likeness (QED) is 0.400. The third-order valence-electron chi connectivity index (χ3n) is 4.11. The fraction of sp³-hybridized carbons (Fsp3) is 0.238. The fourth-order valence-corrected chi connectivity index (χ4v) is 3.51. The Morgan fingerprint density at radius 3 is 2.40 bits per heavy atom. The summed E-state index contributed by atoms with van der Waals surface area (Å²) in [5.41, 5.74) is 1.09. The van der Waals surface area contributed by atoms with Crippen LogP contribution in [0.3, 0.4) is 0 Å². The minimum absolute atomic E-state index is 0.207. The predicted octanol–water partition coefficient (Wildman–Crippen LogP) is 2.84. The summed E-state index contributed by atoms with van der Waals surface area (Å²) in [5.74, 6) is 1.85. The highest BCUT2D eigenvalue weighted by atomic mass is 32.2. The number of ether oxygens (including phenoxy) is 1. The molecule has 3 aromatic rings. The first kappa shape index (κ1) is 21.4. The Morgan fingerprint density at radius 2 is 1.73 bits per heavy atom. The Hall–Kier alpha value is -3.33. The number of rotatable bonds is 9. The third-order valence-corrected chi connectivity index (χ3v) is 5.18. The number of benzene rings is 2. The molecule has 0 saturated heterocycles. The van der Waals surface area contributed by atoms with E-state index in [1.807, 2.05) is 18.2 Å². The molecule has 2 N–H and O–H groups in total. The van der Waals surface area contributed by atoms with E-state index in [0.717, 1.165) is 4.90 Å². The molecule has 156 valence electrons. The number of thioether (sulfide) groups is 1. The maximum absolute atomic E-state index is 12.6. The average molecular weight is 426 g/mol. The van der Waals surface area contributed by atoms with Crippen LogP contribution in [0, 0.1) is 6.92 Å². The Kier molecular flexibility index (Phi) is 7.45. The van der Waals surface area contributed by atoms with Crippen LogP contribution in [0.1, 0.15) is 32.4 Å². The van der Waals surface area contributed by atoms with Gasteiger partial charge in [-0.25, -0.2) is 0 Å². The number of carbonyl (C=O) groups is 2. The lowest BCUT2D eigenvalue weighted by Crippen LogP contribution is -2.34. The van der Waals surface area contributed by atoms with Crippen molar-refractivity contribution in [2.75, 3.05) is 20.2 Å². The van der Waals surface area contributed by atoms with Gasteiger partial charge in [0.05, 0.1) is 18.4 Å². The lowest BCUT2D eigenvalue weighted by molar-refractivity contribution is 0.0926. The van der Waals surface area contributed by atoms with E-state index in [1.54, 1.807) is 44.4 Å². The maximum Gasteiger partial charge on any atom is 0.252 e. The Labute approximate surface area is 178 Å². The van der Waals surface area contributed by atoms with Crippen molar-refractivity contribution >= 4 is 23.6 Å². The molecule has 0 aliphatic carbocycles. The van der Waals surface area contributed by atoms with Crippen molar-refractivity contribution in [3.05, 3.63) is 71.4 Å². The topological polar surface area (TPSA) is 106 Å². The monoisotopic (exact) mass is 426 g/mol. The smallest absolute Gasteiger partial charge is 0.252 e. The number of carbonyl (C=O) groups excluding carboxylic acids is 2. The zero-order chi connectivity index (χ0) is 21.3. The van der Waals surface area contributed by atoms with Crippen LogP contribution in [0.25, 0.3) is 0 Å². The van der Waals surface area contributed by atoms with Crippen molar-refractivity contribution in [2.24, 2.45) is 0 Å². The molecule has 0 aliphatic heterocycles. The van der Waals surface area contributed by atoms with Crippen molar-refractivity contribution in [2.45, 2.75) is 17.6 Å². The second kappa shape index (κ2) is 10.4. The van der Waals surface area contributed by atoms with Gasteiger partial charge in [0.15, 0.2) is 5.82 Å². The summed E-state index contributed by atoms with van der Waals surface area (Å²) in [6.45, 7) is 2.35. The zero-order valence-electron chi connectivity index (χ0n) is 16.7. The second-order valence-electron chi connectivity index (χ2n) is 6.25. The molecule has 0 saturated carbocycles. The molecule has 0 fully saturated rings. The van der Waals surface area contributed by atoms with Crippen LogP contribution < -0.4 is 15.4 Å². The first-order chi connectivity index (χ1) is 14.6. The summed E-state index contributed by atoms with van der Waals surface area (Å²) in [5, 5.41) is 9.47. The minimum atomic E-state index is -0.210. The van der Waals surface area contributed by atoms with E-state index < -0.39 is 0 Å². The first-order valence-corrected chi connectivity index (χ1v) is 10.3. The van der Waals surface area contributed by atoms with Crippen LogP contribution in [-0.2, 0) is 5.75 Å². The first-order valence-electron chi connectivity index (χ1n) is 9.28. The summed E-state index contributed by atoms with van der Waals surface area (Å²) in [6, 6.07) is 14.1. The van der Waals surface area contributed by atoms with E-state index in [4.69, 9.17) is 9.26 Å². The highest BCUT2D eigenvalue weighted by molar-refractivity contribution is 7.98. The van der Waals surface area contributed by atoms with E-state index in [1.165, 1.54) is 11.8 Å². The molecule has 1 heterocycles. The Bertz CT molecular complexity index is 1000. The number of hydrogen-bond donors (Lipinski definition) is 2. The molecule has 0 spiro atoms. The van der Waals surface area contributed by atoms with E-state index in [-0.39, 0.29) is 11.8 Å². The number of nitrogens with one attached hydrogen (secondary N) is 2. The Morgan fingerprint density at radius 1 is 1.03 bits per heavy atom. The van der Waals surface area contributed by atoms with Gasteiger partial charge in [0.1, 0.15) is 5.75 Å². The van der Waals surface area contributed by atoms with Gasteiger partial charge < -0.3 is 19.9 Å². The second-order valence-corrected chi connectivity index (χ2v) is 7.27. The van der Waals surface area contributed by atoms with Gasteiger partial charge in [0, 0.05) is 30.5 Å².